The van der Waals surface area contributed by atoms with Gasteiger partial charge in [-0.2, -0.15) is 0 Å². The van der Waals surface area contributed by atoms with Crippen LogP contribution in [-0.4, -0.2) is 20.8 Å². The Balaban J connectivity index is 2.11. The van der Waals surface area contributed by atoms with Crippen LogP contribution in [-0.2, 0) is 7.05 Å². The molecule has 0 saturated carbocycles. The van der Waals surface area contributed by atoms with Crippen LogP contribution in [0.1, 0.15) is 39.5 Å². The minimum Gasteiger partial charge on any atom is -0.382 e. The summed E-state index contributed by atoms with van der Waals surface area (Å²) in [6.07, 6.45) is 6.77. The fourth-order valence-electron chi connectivity index (χ4n) is 2.37. The van der Waals surface area contributed by atoms with Crippen molar-refractivity contribution < 1.29 is 0 Å². The van der Waals surface area contributed by atoms with Gasteiger partial charge in [-0.1, -0.05) is 38.3 Å². The Morgan fingerprint density at radius 3 is 2.75 bits per heavy atom. The maximum atomic E-state index is 4.20. The van der Waals surface area contributed by atoms with Gasteiger partial charge >= 0.3 is 0 Å². The van der Waals surface area contributed by atoms with Gasteiger partial charge in [-0.3, -0.25) is 0 Å². The van der Waals surface area contributed by atoms with Crippen molar-refractivity contribution in [1.29, 1.82) is 0 Å². The van der Waals surface area contributed by atoms with E-state index in [-0.39, 0.29) is 0 Å². The SMILES string of the molecule is CCCCCC(C)Nc1ccccc1-c1nncn1C. The third-order valence-electron chi connectivity index (χ3n) is 3.52. The molecule has 0 aliphatic rings. The first kappa shape index (κ1) is 14.6. The lowest BCUT2D eigenvalue weighted by molar-refractivity contribution is 0.615. The first-order valence-corrected chi connectivity index (χ1v) is 7.42. The Labute approximate surface area is 121 Å². The quantitative estimate of drug-likeness (QED) is 0.778. The number of rotatable bonds is 7. The Bertz CT molecular complexity index is 533. The predicted octanol–water partition coefficient (Wildman–Crippen LogP) is 3.86. The summed E-state index contributed by atoms with van der Waals surface area (Å²) in [5.41, 5.74) is 2.24. The number of aromatic nitrogens is 3. The van der Waals surface area contributed by atoms with Gasteiger partial charge in [0.1, 0.15) is 6.33 Å². The van der Waals surface area contributed by atoms with E-state index in [1.165, 1.54) is 25.7 Å². The number of nitrogens with one attached hydrogen (secondary N) is 1. The minimum atomic E-state index is 0.468. The fraction of sp³-hybridized carbons (Fsp3) is 0.500. The van der Waals surface area contributed by atoms with Crippen molar-refractivity contribution in [3.63, 3.8) is 0 Å². The van der Waals surface area contributed by atoms with Crippen LogP contribution in [0.2, 0.25) is 0 Å². The second-order valence-electron chi connectivity index (χ2n) is 5.35. The average Bonchev–Trinajstić information content (AvgIpc) is 2.86. The van der Waals surface area contributed by atoms with E-state index in [9.17, 15) is 0 Å². The van der Waals surface area contributed by atoms with Gasteiger partial charge in [0.15, 0.2) is 5.82 Å². The molecule has 0 fully saturated rings. The number of unbranched alkanes of at least 4 members (excludes halogenated alkanes) is 2. The molecule has 4 heteroatoms. The highest BCUT2D eigenvalue weighted by Gasteiger charge is 2.11. The molecule has 0 bridgehead atoms. The highest BCUT2D eigenvalue weighted by atomic mass is 15.2. The Hall–Kier alpha value is -1.84. The van der Waals surface area contributed by atoms with Crippen molar-refractivity contribution in [2.75, 3.05) is 5.32 Å². The number of anilines is 1. The molecule has 2 rings (SSSR count). The maximum Gasteiger partial charge on any atom is 0.165 e. The number of hydrogen-bond donors (Lipinski definition) is 1. The van der Waals surface area contributed by atoms with Crippen LogP contribution < -0.4 is 5.32 Å². The molecule has 0 saturated heterocycles. The lowest BCUT2D eigenvalue weighted by atomic mass is 10.1. The standard InChI is InChI=1S/C16H24N4/c1-4-5-6-9-13(2)18-15-11-8-7-10-14(15)16-19-17-12-20(16)3/h7-8,10-13,18H,4-6,9H2,1-3H3. The van der Waals surface area contributed by atoms with E-state index in [1.807, 2.05) is 17.7 Å². The minimum absolute atomic E-state index is 0.468. The molecular formula is C16H24N4. The monoisotopic (exact) mass is 272 g/mol. The highest BCUT2D eigenvalue weighted by molar-refractivity contribution is 5.73. The van der Waals surface area contributed by atoms with Gasteiger partial charge in [-0.15, -0.1) is 10.2 Å². The van der Waals surface area contributed by atoms with E-state index in [1.54, 1.807) is 6.33 Å². The Morgan fingerprint density at radius 1 is 1.25 bits per heavy atom. The van der Waals surface area contributed by atoms with Crippen LogP contribution in [0.25, 0.3) is 11.4 Å². The normalized spacial score (nSPS) is 12.3. The summed E-state index contributed by atoms with van der Waals surface area (Å²) in [6.45, 7) is 4.48. The molecule has 1 N–H and O–H groups in total. The topological polar surface area (TPSA) is 42.7 Å². The van der Waals surface area contributed by atoms with Crippen molar-refractivity contribution in [3.8, 4) is 11.4 Å². The van der Waals surface area contributed by atoms with Crippen LogP contribution in [0.4, 0.5) is 5.69 Å². The van der Waals surface area contributed by atoms with Gasteiger partial charge in [0.25, 0.3) is 0 Å². The highest BCUT2D eigenvalue weighted by Crippen LogP contribution is 2.26. The van der Waals surface area contributed by atoms with E-state index in [0.29, 0.717) is 6.04 Å². The number of benzene rings is 1. The summed E-state index contributed by atoms with van der Waals surface area (Å²) in [7, 11) is 1.97. The van der Waals surface area contributed by atoms with Crippen molar-refractivity contribution in [1.82, 2.24) is 14.8 Å². The zero-order chi connectivity index (χ0) is 14.4. The van der Waals surface area contributed by atoms with Gasteiger partial charge in [0.05, 0.1) is 0 Å². The summed E-state index contributed by atoms with van der Waals surface area (Å²) in [4.78, 5) is 0. The molecule has 108 valence electrons. The molecule has 0 aliphatic carbocycles. The molecular weight excluding hydrogens is 248 g/mol. The van der Waals surface area contributed by atoms with E-state index in [2.05, 4.69) is 47.6 Å². The predicted molar refractivity (Wildman–Crippen MR) is 83.7 cm³/mol. The average molecular weight is 272 g/mol. The molecule has 0 radical (unpaired) electrons. The summed E-state index contributed by atoms with van der Waals surface area (Å²) < 4.78 is 1.95. The summed E-state index contributed by atoms with van der Waals surface area (Å²) >= 11 is 0. The second kappa shape index (κ2) is 7.08. The summed E-state index contributed by atoms with van der Waals surface area (Å²) in [6, 6.07) is 8.76. The lowest BCUT2D eigenvalue weighted by Gasteiger charge is -2.17. The number of hydrogen-bond acceptors (Lipinski definition) is 3. The zero-order valence-electron chi connectivity index (χ0n) is 12.6. The lowest BCUT2D eigenvalue weighted by Crippen LogP contribution is -2.15. The Kier molecular flexibility index (Phi) is 5.16. The zero-order valence-corrected chi connectivity index (χ0v) is 12.6. The molecule has 1 unspecified atom stereocenters. The van der Waals surface area contributed by atoms with Crippen molar-refractivity contribution in [2.45, 2.75) is 45.6 Å². The number of aryl methyl sites for hydroxylation is 1. The van der Waals surface area contributed by atoms with E-state index >= 15 is 0 Å². The molecule has 1 aromatic carbocycles. The first-order chi connectivity index (χ1) is 9.72. The molecule has 2 aromatic rings. The first-order valence-electron chi connectivity index (χ1n) is 7.42. The van der Waals surface area contributed by atoms with Gasteiger partial charge in [-0.25, -0.2) is 0 Å². The maximum absolute atomic E-state index is 4.20. The van der Waals surface area contributed by atoms with Crippen molar-refractivity contribution in [3.05, 3.63) is 30.6 Å². The van der Waals surface area contributed by atoms with E-state index in [4.69, 9.17) is 0 Å². The van der Waals surface area contributed by atoms with Gasteiger partial charge in [0.2, 0.25) is 0 Å². The molecule has 0 amide bonds. The summed E-state index contributed by atoms with van der Waals surface area (Å²) in [5, 5.41) is 11.8. The van der Waals surface area contributed by atoms with Crippen LogP contribution in [0, 0.1) is 0 Å². The van der Waals surface area contributed by atoms with E-state index < -0.39 is 0 Å². The van der Waals surface area contributed by atoms with Crippen molar-refractivity contribution in [2.24, 2.45) is 7.05 Å². The fourth-order valence-corrected chi connectivity index (χ4v) is 2.37. The smallest absolute Gasteiger partial charge is 0.165 e. The van der Waals surface area contributed by atoms with Crippen LogP contribution in [0.5, 0.6) is 0 Å². The molecule has 0 aliphatic heterocycles. The number of nitrogens with zero attached hydrogens (tertiary/aromatic N) is 3. The summed E-state index contributed by atoms with van der Waals surface area (Å²) in [5.74, 6) is 0.897. The van der Waals surface area contributed by atoms with Gasteiger partial charge in [-0.05, 0) is 25.5 Å². The molecule has 1 atom stereocenters. The van der Waals surface area contributed by atoms with Gasteiger partial charge in [0, 0.05) is 24.3 Å². The van der Waals surface area contributed by atoms with Crippen LogP contribution >= 0.6 is 0 Å². The molecule has 4 nitrogen and oxygen atoms in total. The third kappa shape index (κ3) is 3.59. The molecule has 20 heavy (non-hydrogen) atoms. The van der Waals surface area contributed by atoms with Crippen LogP contribution in [0.3, 0.4) is 0 Å². The molecule has 0 spiro atoms. The number of para-hydroxylation sites is 1. The molecule has 1 aromatic heterocycles. The Morgan fingerprint density at radius 2 is 2.05 bits per heavy atom. The van der Waals surface area contributed by atoms with Crippen molar-refractivity contribution >= 4 is 5.69 Å². The third-order valence-corrected chi connectivity index (χ3v) is 3.52. The largest absolute Gasteiger partial charge is 0.382 e. The van der Waals surface area contributed by atoms with E-state index in [0.717, 1.165) is 17.1 Å². The van der Waals surface area contributed by atoms with Gasteiger partial charge < -0.3 is 9.88 Å². The van der Waals surface area contributed by atoms with Crippen LogP contribution in [0.15, 0.2) is 30.6 Å². The molecule has 1 heterocycles. The second-order valence-corrected chi connectivity index (χ2v) is 5.35.